The summed E-state index contributed by atoms with van der Waals surface area (Å²) in [7, 11) is 0. The molecule has 0 spiro atoms. The fourth-order valence-corrected chi connectivity index (χ4v) is 4.49. The van der Waals surface area contributed by atoms with Crippen LogP contribution in [0.15, 0.2) is 54.6 Å². The molecule has 0 N–H and O–H groups in total. The van der Waals surface area contributed by atoms with Crippen LogP contribution in [0.25, 0.3) is 0 Å². The first kappa shape index (κ1) is 25.7. The predicted molar refractivity (Wildman–Crippen MR) is 143 cm³/mol. The van der Waals surface area contributed by atoms with Gasteiger partial charge in [-0.1, -0.05) is 48.0 Å². The van der Waals surface area contributed by atoms with Crippen LogP contribution in [0.2, 0.25) is 0 Å². The van der Waals surface area contributed by atoms with Crippen molar-refractivity contribution < 1.29 is 14.3 Å². The average molecular weight is 488 g/mol. The molecule has 2 aromatic carbocycles. The Morgan fingerprint density at radius 3 is 2.28 bits per heavy atom. The van der Waals surface area contributed by atoms with Crippen LogP contribution in [-0.2, 0) is 17.8 Å². The van der Waals surface area contributed by atoms with Crippen molar-refractivity contribution in [3.63, 3.8) is 0 Å². The Morgan fingerprint density at radius 2 is 1.64 bits per heavy atom. The Kier molecular flexibility index (Phi) is 7.92. The van der Waals surface area contributed by atoms with Crippen molar-refractivity contribution in [2.45, 2.75) is 66.1 Å². The number of anilines is 1. The Morgan fingerprint density at radius 1 is 0.972 bits per heavy atom. The van der Waals surface area contributed by atoms with Crippen LogP contribution in [0.3, 0.4) is 0 Å². The van der Waals surface area contributed by atoms with Gasteiger partial charge in [-0.25, -0.2) is 14.8 Å². The van der Waals surface area contributed by atoms with E-state index in [4.69, 9.17) is 14.5 Å². The molecule has 1 fully saturated rings. The second-order valence-corrected chi connectivity index (χ2v) is 10.6. The van der Waals surface area contributed by atoms with E-state index in [0.717, 1.165) is 37.9 Å². The molecule has 1 aliphatic rings. The number of hydrogen-bond donors (Lipinski definition) is 0. The topological polar surface area (TPSA) is 64.6 Å². The monoisotopic (exact) mass is 487 g/mol. The van der Waals surface area contributed by atoms with E-state index < -0.39 is 11.6 Å². The quantitative estimate of drug-likeness (QED) is 0.376. The van der Waals surface area contributed by atoms with Gasteiger partial charge in [0, 0.05) is 25.2 Å². The third kappa shape index (κ3) is 6.84. The molecule has 0 saturated carbocycles. The number of hydrogen-bond acceptors (Lipinski definition) is 6. The van der Waals surface area contributed by atoms with E-state index in [9.17, 15) is 4.79 Å². The molecule has 1 aromatic heterocycles. The van der Waals surface area contributed by atoms with E-state index in [1.54, 1.807) is 0 Å². The minimum atomic E-state index is -0.629. The van der Waals surface area contributed by atoms with Crippen molar-refractivity contribution in [1.82, 2.24) is 9.97 Å². The van der Waals surface area contributed by atoms with Crippen LogP contribution in [0.4, 0.5) is 5.69 Å². The highest BCUT2D eigenvalue weighted by Gasteiger charge is 2.27. The van der Waals surface area contributed by atoms with Crippen molar-refractivity contribution in [3.05, 3.63) is 82.9 Å². The zero-order valence-corrected chi connectivity index (χ0v) is 22.1. The molecule has 1 aliphatic heterocycles. The maximum atomic E-state index is 13.1. The van der Waals surface area contributed by atoms with Crippen LogP contribution in [-0.4, -0.2) is 34.6 Å². The van der Waals surface area contributed by atoms with Gasteiger partial charge in [0.2, 0.25) is 0 Å². The van der Waals surface area contributed by atoms with Gasteiger partial charge in [0.05, 0.1) is 5.69 Å². The van der Waals surface area contributed by atoms with Gasteiger partial charge in [0.1, 0.15) is 18.0 Å². The average Bonchev–Trinajstić information content (AvgIpc) is 2.84. The molecule has 2 heterocycles. The minimum Gasteiger partial charge on any atom is -0.484 e. The number of aromatic nitrogens is 2. The minimum absolute atomic E-state index is 0.209. The number of ether oxygens (including phenoxy) is 2. The predicted octanol–water partition coefficient (Wildman–Crippen LogP) is 6.09. The number of carbonyl (C=O) groups excluding carboxylic acids is 1. The SMILES string of the molecule is Cc1ccc(N2CCC(Cc3nc(C)c(OCc4ccccc4)c(C(=O)OC(C)(C)C)n3)CC2)cc1. The van der Waals surface area contributed by atoms with Gasteiger partial charge in [-0.3, -0.25) is 0 Å². The van der Waals surface area contributed by atoms with E-state index in [1.165, 1.54) is 11.3 Å². The second-order valence-electron chi connectivity index (χ2n) is 10.6. The highest BCUT2D eigenvalue weighted by molar-refractivity contribution is 5.90. The summed E-state index contributed by atoms with van der Waals surface area (Å²) in [6.45, 7) is 11.9. The molecule has 0 bridgehead atoms. The second kappa shape index (κ2) is 11.1. The van der Waals surface area contributed by atoms with Gasteiger partial charge in [-0.2, -0.15) is 0 Å². The van der Waals surface area contributed by atoms with E-state index in [0.29, 0.717) is 29.8 Å². The molecule has 36 heavy (non-hydrogen) atoms. The number of nitrogens with zero attached hydrogens (tertiary/aromatic N) is 3. The van der Waals surface area contributed by atoms with Crippen molar-refractivity contribution in [2.75, 3.05) is 18.0 Å². The Bertz CT molecular complexity index is 1160. The third-order valence-corrected chi connectivity index (χ3v) is 6.38. The summed E-state index contributed by atoms with van der Waals surface area (Å²) in [5.41, 5.74) is 3.80. The van der Waals surface area contributed by atoms with Crippen molar-refractivity contribution in [3.8, 4) is 5.75 Å². The molecular weight excluding hydrogens is 450 g/mol. The molecule has 1 saturated heterocycles. The number of esters is 1. The van der Waals surface area contributed by atoms with Crippen molar-refractivity contribution in [1.29, 1.82) is 0 Å². The molecule has 0 amide bonds. The van der Waals surface area contributed by atoms with Crippen LogP contribution < -0.4 is 9.64 Å². The van der Waals surface area contributed by atoms with Gasteiger partial charge < -0.3 is 14.4 Å². The molecule has 4 rings (SSSR count). The molecule has 0 atom stereocenters. The van der Waals surface area contributed by atoms with Crippen molar-refractivity contribution in [2.24, 2.45) is 5.92 Å². The van der Waals surface area contributed by atoms with Crippen molar-refractivity contribution >= 4 is 11.7 Å². The molecular formula is C30H37N3O3. The molecule has 3 aromatic rings. The van der Waals surface area contributed by atoms with Crippen LogP contribution in [0.5, 0.6) is 5.75 Å². The van der Waals surface area contributed by atoms with E-state index in [-0.39, 0.29) is 5.69 Å². The van der Waals surface area contributed by atoms with Gasteiger partial charge in [-0.15, -0.1) is 0 Å². The van der Waals surface area contributed by atoms with Crippen LogP contribution in [0, 0.1) is 19.8 Å². The summed E-state index contributed by atoms with van der Waals surface area (Å²) in [5, 5.41) is 0. The first-order chi connectivity index (χ1) is 17.2. The highest BCUT2D eigenvalue weighted by Crippen LogP contribution is 2.28. The first-order valence-electron chi connectivity index (χ1n) is 12.8. The van der Waals surface area contributed by atoms with E-state index >= 15 is 0 Å². The maximum Gasteiger partial charge on any atom is 0.361 e. The van der Waals surface area contributed by atoms with E-state index in [1.807, 2.05) is 58.0 Å². The largest absolute Gasteiger partial charge is 0.484 e. The lowest BCUT2D eigenvalue weighted by Gasteiger charge is -2.33. The lowest BCUT2D eigenvalue weighted by molar-refractivity contribution is 0.00572. The zero-order chi connectivity index (χ0) is 25.7. The van der Waals surface area contributed by atoms with Crippen LogP contribution in [0.1, 0.15) is 66.7 Å². The number of piperidine rings is 1. The van der Waals surface area contributed by atoms with Gasteiger partial charge in [0.15, 0.2) is 11.4 Å². The summed E-state index contributed by atoms with van der Waals surface area (Å²) < 4.78 is 11.7. The van der Waals surface area contributed by atoms with Gasteiger partial charge >= 0.3 is 5.97 Å². The molecule has 0 unspecified atom stereocenters. The molecule has 6 heteroatoms. The smallest absolute Gasteiger partial charge is 0.361 e. The summed E-state index contributed by atoms with van der Waals surface area (Å²) in [6.07, 6.45) is 2.85. The zero-order valence-electron chi connectivity index (χ0n) is 22.1. The molecule has 0 radical (unpaired) electrons. The number of carbonyl (C=O) groups is 1. The fraction of sp³-hybridized carbons (Fsp3) is 0.433. The third-order valence-electron chi connectivity index (χ3n) is 6.38. The molecule has 6 nitrogen and oxygen atoms in total. The Balaban J connectivity index is 1.49. The fourth-order valence-electron chi connectivity index (χ4n) is 4.49. The van der Waals surface area contributed by atoms with Gasteiger partial charge in [0.25, 0.3) is 0 Å². The Hall–Kier alpha value is -3.41. The summed E-state index contributed by atoms with van der Waals surface area (Å²) >= 11 is 0. The number of rotatable bonds is 7. The van der Waals surface area contributed by atoms with E-state index in [2.05, 4.69) is 41.1 Å². The number of benzene rings is 2. The van der Waals surface area contributed by atoms with Crippen LogP contribution >= 0.6 is 0 Å². The Labute approximate surface area is 214 Å². The molecule has 0 aliphatic carbocycles. The normalized spacial score (nSPS) is 14.5. The molecule has 190 valence electrons. The maximum absolute atomic E-state index is 13.1. The summed E-state index contributed by atoms with van der Waals surface area (Å²) in [6, 6.07) is 18.6. The summed E-state index contributed by atoms with van der Waals surface area (Å²) in [5.74, 6) is 1.06. The van der Waals surface area contributed by atoms with Gasteiger partial charge in [-0.05, 0) is 71.1 Å². The lowest BCUT2D eigenvalue weighted by atomic mass is 9.92. The summed E-state index contributed by atoms with van der Waals surface area (Å²) in [4.78, 5) is 25.0. The highest BCUT2D eigenvalue weighted by atomic mass is 16.6. The first-order valence-corrected chi connectivity index (χ1v) is 12.8. The lowest BCUT2D eigenvalue weighted by Crippen LogP contribution is -2.34. The standard InChI is InChI=1S/C30H37N3O3/c1-21-11-13-25(14-12-21)33-17-15-23(16-18-33)19-26-31-22(2)28(35-20-24-9-7-6-8-10-24)27(32-26)29(34)36-30(3,4)5/h6-14,23H,15-20H2,1-5H3. The number of aryl methyl sites for hydroxylation is 2.